The van der Waals surface area contributed by atoms with Crippen molar-refractivity contribution in [1.29, 1.82) is 0 Å². The van der Waals surface area contributed by atoms with E-state index in [0.717, 1.165) is 23.4 Å². The van der Waals surface area contributed by atoms with Gasteiger partial charge in [0.15, 0.2) is 0 Å². The van der Waals surface area contributed by atoms with E-state index in [-0.39, 0.29) is 17.7 Å². The highest BCUT2D eigenvalue weighted by atomic mass is 35.5. The average Bonchev–Trinajstić information content (AvgIpc) is 2.81. The van der Waals surface area contributed by atoms with Gasteiger partial charge in [-0.2, -0.15) is 0 Å². The Labute approximate surface area is 122 Å². The Morgan fingerprint density at radius 2 is 2.05 bits per heavy atom. The third-order valence-corrected chi connectivity index (χ3v) is 3.87. The van der Waals surface area contributed by atoms with Gasteiger partial charge in [-0.15, -0.1) is 0 Å². The van der Waals surface area contributed by atoms with Gasteiger partial charge in [0.05, 0.1) is 11.6 Å². The van der Waals surface area contributed by atoms with Crippen LogP contribution in [0.3, 0.4) is 0 Å². The number of para-hydroxylation sites is 1. The molecule has 0 saturated heterocycles. The Kier molecular flexibility index (Phi) is 3.36. The zero-order valence-electron chi connectivity index (χ0n) is 10.8. The lowest BCUT2D eigenvalue weighted by Gasteiger charge is -2.14. The summed E-state index contributed by atoms with van der Waals surface area (Å²) < 4.78 is 0. The molecule has 0 fully saturated rings. The molecule has 0 radical (unpaired) electrons. The molecule has 0 aromatic heterocycles. The van der Waals surface area contributed by atoms with Gasteiger partial charge in [-0.05, 0) is 48.2 Å². The summed E-state index contributed by atoms with van der Waals surface area (Å²) in [5.41, 5.74) is 2.59. The smallest absolute Gasteiger partial charge is 0.255 e. The number of hydrogen-bond donors (Lipinski definition) is 2. The van der Waals surface area contributed by atoms with Crippen LogP contribution in [0.25, 0.3) is 0 Å². The summed E-state index contributed by atoms with van der Waals surface area (Å²) in [4.78, 5) is 12.2. The van der Waals surface area contributed by atoms with E-state index in [1.54, 1.807) is 18.2 Å². The number of aryl methyl sites for hydroxylation is 1. The van der Waals surface area contributed by atoms with Crippen LogP contribution >= 0.6 is 11.6 Å². The zero-order valence-corrected chi connectivity index (χ0v) is 11.5. The fraction of sp³-hybridized carbons (Fsp3) is 0.188. The molecule has 0 bridgehead atoms. The minimum atomic E-state index is -0.254. The molecule has 4 heteroatoms. The molecule has 1 amide bonds. The molecule has 0 spiro atoms. The maximum absolute atomic E-state index is 12.2. The topological polar surface area (TPSA) is 49.3 Å². The van der Waals surface area contributed by atoms with Crippen molar-refractivity contribution >= 4 is 17.5 Å². The molecule has 0 aliphatic heterocycles. The monoisotopic (exact) mass is 287 g/mol. The number of rotatable bonds is 2. The van der Waals surface area contributed by atoms with Gasteiger partial charge >= 0.3 is 0 Å². The van der Waals surface area contributed by atoms with Gasteiger partial charge in [-0.1, -0.05) is 29.8 Å². The van der Waals surface area contributed by atoms with Gasteiger partial charge in [0.25, 0.3) is 5.91 Å². The lowest BCUT2D eigenvalue weighted by Crippen LogP contribution is -2.27. The standard InChI is InChI=1S/C16H14ClNO2/c17-11-6-7-12-10(9-11)5-8-14(12)18-16(20)13-3-1-2-4-15(13)19/h1-4,6-7,9,14,19H,5,8H2,(H,18,20)/t14-/m1/s1. The van der Waals surface area contributed by atoms with E-state index in [2.05, 4.69) is 5.32 Å². The first-order valence-corrected chi connectivity index (χ1v) is 6.90. The summed E-state index contributed by atoms with van der Waals surface area (Å²) in [6.45, 7) is 0. The third kappa shape index (κ3) is 2.37. The number of hydrogen-bond acceptors (Lipinski definition) is 2. The Morgan fingerprint density at radius 3 is 2.85 bits per heavy atom. The van der Waals surface area contributed by atoms with E-state index in [0.29, 0.717) is 5.56 Å². The molecule has 3 nitrogen and oxygen atoms in total. The number of aromatic hydroxyl groups is 1. The predicted molar refractivity (Wildman–Crippen MR) is 78.1 cm³/mol. The largest absolute Gasteiger partial charge is 0.507 e. The number of phenolic OH excluding ortho intramolecular Hbond substituents is 1. The molecule has 1 atom stereocenters. The van der Waals surface area contributed by atoms with Crippen LogP contribution in [0.2, 0.25) is 5.02 Å². The number of amides is 1. The summed E-state index contributed by atoms with van der Waals surface area (Å²) in [5, 5.41) is 13.4. The van der Waals surface area contributed by atoms with Crippen molar-refractivity contribution in [3.8, 4) is 5.75 Å². The second-order valence-electron chi connectivity index (χ2n) is 4.93. The Balaban J connectivity index is 1.81. The Hall–Kier alpha value is -2.00. The third-order valence-electron chi connectivity index (χ3n) is 3.64. The highest BCUT2D eigenvalue weighted by molar-refractivity contribution is 6.30. The van der Waals surface area contributed by atoms with Crippen LogP contribution in [0.5, 0.6) is 5.75 Å². The fourth-order valence-corrected chi connectivity index (χ4v) is 2.83. The summed E-state index contributed by atoms with van der Waals surface area (Å²) in [5.74, 6) is -0.254. The Morgan fingerprint density at radius 1 is 1.25 bits per heavy atom. The molecule has 1 aliphatic rings. The lowest BCUT2D eigenvalue weighted by molar-refractivity contribution is 0.0934. The second-order valence-corrected chi connectivity index (χ2v) is 5.36. The number of fused-ring (bicyclic) bond motifs is 1. The highest BCUT2D eigenvalue weighted by Gasteiger charge is 2.25. The average molecular weight is 288 g/mol. The Bertz CT molecular complexity index is 669. The maximum atomic E-state index is 12.2. The van der Waals surface area contributed by atoms with Gasteiger partial charge in [-0.3, -0.25) is 4.79 Å². The number of carbonyl (C=O) groups is 1. The summed E-state index contributed by atoms with van der Waals surface area (Å²) in [6, 6.07) is 12.3. The number of benzene rings is 2. The molecule has 2 N–H and O–H groups in total. The van der Waals surface area contributed by atoms with E-state index < -0.39 is 0 Å². The van der Waals surface area contributed by atoms with Crippen LogP contribution in [0.4, 0.5) is 0 Å². The van der Waals surface area contributed by atoms with E-state index in [9.17, 15) is 9.90 Å². The van der Waals surface area contributed by atoms with E-state index in [4.69, 9.17) is 11.6 Å². The molecule has 102 valence electrons. The second kappa shape index (κ2) is 5.17. The molecule has 20 heavy (non-hydrogen) atoms. The summed E-state index contributed by atoms with van der Waals surface area (Å²) >= 11 is 5.97. The highest BCUT2D eigenvalue weighted by Crippen LogP contribution is 2.33. The molecule has 0 unspecified atom stereocenters. The minimum absolute atomic E-state index is 0.000624. The molecule has 2 aromatic carbocycles. The predicted octanol–water partition coefficient (Wildman–Crippen LogP) is 3.46. The van der Waals surface area contributed by atoms with Crippen molar-refractivity contribution in [2.45, 2.75) is 18.9 Å². The number of nitrogens with one attached hydrogen (secondary N) is 1. The number of carbonyl (C=O) groups excluding carboxylic acids is 1. The lowest BCUT2D eigenvalue weighted by atomic mass is 10.1. The first-order valence-electron chi connectivity index (χ1n) is 6.52. The van der Waals surface area contributed by atoms with Crippen LogP contribution in [-0.2, 0) is 6.42 Å². The van der Waals surface area contributed by atoms with E-state index in [1.165, 1.54) is 11.6 Å². The van der Waals surface area contributed by atoms with Gasteiger partial charge in [0.1, 0.15) is 5.75 Å². The quantitative estimate of drug-likeness (QED) is 0.888. The van der Waals surface area contributed by atoms with Gasteiger partial charge in [0, 0.05) is 5.02 Å². The van der Waals surface area contributed by atoms with Crippen molar-refractivity contribution in [3.63, 3.8) is 0 Å². The normalized spacial score (nSPS) is 16.8. The van der Waals surface area contributed by atoms with Crippen LogP contribution in [-0.4, -0.2) is 11.0 Å². The van der Waals surface area contributed by atoms with Crippen LogP contribution in [0.1, 0.15) is 33.9 Å². The number of phenols is 1. The first-order chi connectivity index (χ1) is 9.65. The number of halogens is 1. The van der Waals surface area contributed by atoms with E-state index in [1.807, 2.05) is 18.2 Å². The molecule has 3 rings (SSSR count). The molecular weight excluding hydrogens is 274 g/mol. The molecule has 0 saturated carbocycles. The SMILES string of the molecule is O=C(N[C@@H]1CCc2cc(Cl)ccc21)c1ccccc1O. The van der Waals surface area contributed by atoms with Crippen molar-refractivity contribution < 1.29 is 9.90 Å². The fourth-order valence-electron chi connectivity index (χ4n) is 2.64. The van der Waals surface area contributed by atoms with Crippen molar-refractivity contribution in [1.82, 2.24) is 5.32 Å². The first kappa shape index (κ1) is 13.0. The summed E-state index contributed by atoms with van der Waals surface area (Å²) in [7, 11) is 0. The van der Waals surface area contributed by atoms with E-state index >= 15 is 0 Å². The van der Waals surface area contributed by atoms with Crippen molar-refractivity contribution in [3.05, 3.63) is 64.2 Å². The zero-order chi connectivity index (χ0) is 14.1. The minimum Gasteiger partial charge on any atom is -0.507 e. The van der Waals surface area contributed by atoms with Gasteiger partial charge in [-0.25, -0.2) is 0 Å². The molecule has 0 heterocycles. The van der Waals surface area contributed by atoms with Crippen molar-refractivity contribution in [2.24, 2.45) is 0 Å². The van der Waals surface area contributed by atoms with Gasteiger partial charge < -0.3 is 10.4 Å². The summed E-state index contributed by atoms with van der Waals surface area (Å²) in [6.07, 6.45) is 1.76. The maximum Gasteiger partial charge on any atom is 0.255 e. The van der Waals surface area contributed by atoms with Crippen LogP contribution in [0.15, 0.2) is 42.5 Å². The molecular formula is C16H14ClNO2. The van der Waals surface area contributed by atoms with Crippen LogP contribution in [0, 0.1) is 0 Å². The van der Waals surface area contributed by atoms with Crippen LogP contribution < -0.4 is 5.32 Å². The molecule has 2 aromatic rings. The van der Waals surface area contributed by atoms with Gasteiger partial charge in [0.2, 0.25) is 0 Å². The molecule has 1 aliphatic carbocycles. The van der Waals surface area contributed by atoms with Crippen molar-refractivity contribution in [2.75, 3.05) is 0 Å².